The number of hydrogen-bond acceptors (Lipinski definition) is 5. The van der Waals surface area contributed by atoms with Gasteiger partial charge in [-0.3, -0.25) is 0 Å². The van der Waals surface area contributed by atoms with Crippen molar-refractivity contribution in [3.8, 4) is 0 Å². The van der Waals surface area contributed by atoms with E-state index in [1.165, 1.54) is 22.2 Å². The Morgan fingerprint density at radius 2 is 2.00 bits per heavy atom. The first-order valence-electron chi connectivity index (χ1n) is 12.5. The van der Waals surface area contributed by atoms with Crippen molar-refractivity contribution in [2.45, 2.75) is 53.9 Å². The van der Waals surface area contributed by atoms with Crippen LogP contribution >= 0.6 is 0 Å². The average molecular weight is 483 g/mol. The number of nitrogens with zero attached hydrogens (tertiary/aromatic N) is 3. The highest BCUT2D eigenvalue weighted by atomic mass is 16.5. The predicted molar refractivity (Wildman–Crippen MR) is 150 cm³/mol. The molecule has 1 saturated heterocycles. The Balaban J connectivity index is 0.00000324. The molecule has 3 rings (SSSR count). The molecule has 1 aliphatic rings. The summed E-state index contributed by atoms with van der Waals surface area (Å²) < 4.78 is 7.40. The molecule has 1 fully saturated rings. The number of aromatic nitrogens is 1. The third-order valence-electron chi connectivity index (χ3n) is 6.78. The number of likely N-dealkylation sites (tertiary alicyclic amines) is 1. The number of rotatable bonds is 11. The number of piperidine rings is 1. The Bertz CT molecular complexity index is 1050. The molecule has 0 unspecified atom stereocenters. The van der Waals surface area contributed by atoms with E-state index in [1.807, 2.05) is 13.0 Å². The number of benzene rings is 1. The number of carbonyl (C=O) groups is 1. The zero-order valence-electron chi connectivity index (χ0n) is 21.3. The first-order chi connectivity index (χ1) is 16.5. The van der Waals surface area contributed by atoms with E-state index in [9.17, 15) is 4.79 Å². The fraction of sp³-hybridized carbons (Fsp3) is 0.517. The van der Waals surface area contributed by atoms with Gasteiger partial charge in [0.25, 0.3) is 0 Å². The minimum Gasteiger partial charge on any atom is -0.462 e. The Kier molecular flexibility index (Phi) is 11.3. The number of aliphatic imine (C=N–C) groups is 1. The highest BCUT2D eigenvalue weighted by Gasteiger charge is 2.20. The number of ether oxygens (including phenoxy) is 1. The van der Waals surface area contributed by atoms with Crippen molar-refractivity contribution in [1.29, 1.82) is 0 Å². The van der Waals surface area contributed by atoms with Crippen molar-refractivity contribution >= 4 is 23.1 Å². The van der Waals surface area contributed by atoms with E-state index in [0.29, 0.717) is 23.9 Å². The van der Waals surface area contributed by atoms with E-state index in [2.05, 4.69) is 64.6 Å². The van der Waals surface area contributed by atoms with Crippen molar-refractivity contribution in [3.05, 3.63) is 59.6 Å². The van der Waals surface area contributed by atoms with Gasteiger partial charge in [-0.1, -0.05) is 45.2 Å². The monoisotopic (exact) mass is 482 g/mol. The van der Waals surface area contributed by atoms with Gasteiger partial charge in [-0.15, -0.1) is 0 Å². The first-order valence-corrected chi connectivity index (χ1v) is 12.5. The number of para-hydroxylation sites is 1. The minimum atomic E-state index is -0.329. The molecule has 0 spiro atoms. The van der Waals surface area contributed by atoms with Crippen LogP contribution in [0.3, 0.4) is 0 Å². The normalized spacial score (nSPS) is 15.0. The largest absolute Gasteiger partial charge is 0.462 e. The number of nitrogens with one attached hydrogen (secondary N) is 1. The molecule has 0 atom stereocenters. The second-order valence-corrected chi connectivity index (χ2v) is 8.99. The van der Waals surface area contributed by atoms with Crippen molar-refractivity contribution in [2.75, 3.05) is 32.8 Å². The predicted octanol–water partition coefficient (Wildman–Crippen LogP) is 5.65. The van der Waals surface area contributed by atoms with Crippen molar-refractivity contribution in [2.24, 2.45) is 18.0 Å². The molecule has 6 heteroatoms. The van der Waals surface area contributed by atoms with Crippen LogP contribution in [0.4, 0.5) is 0 Å². The molecule has 0 saturated carbocycles. The molecule has 1 N–H and O–H groups in total. The van der Waals surface area contributed by atoms with Gasteiger partial charge in [0.2, 0.25) is 0 Å². The summed E-state index contributed by atoms with van der Waals surface area (Å²) in [5, 5.41) is 5.06. The molecular weight excluding hydrogens is 436 g/mol. The van der Waals surface area contributed by atoms with Gasteiger partial charge in [-0.2, -0.15) is 0 Å². The number of hydrogen-bond donors (Lipinski definition) is 1. The van der Waals surface area contributed by atoms with Gasteiger partial charge in [-0.25, -0.2) is 9.79 Å². The zero-order valence-corrected chi connectivity index (χ0v) is 21.3. The van der Waals surface area contributed by atoms with Crippen molar-refractivity contribution < 1.29 is 11.0 Å². The molecule has 0 aliphatic carbocycles. The molecule has 0 radical (unpaired) electrons. The van der Waals surface area contributed by atoms with Crippen LogP contribution in [0.2, 0.25) is 0 Å². The van der Waals surface area contributed by atoms with Crippen LogP contribution < -0.4 is 5.32 Å². The van der Waals surface area contributed by atoms with Gasteiger partial charge in [0.1, 0.15) is 5.82 Å². The third-order valence-corrected chi connectivity index (χ3v) is 6.78. The quantitative estimate of drug-likeness (QED) is 0.194. The number of aryl methyl sites for hydroxylation is 1. The van der Waals surface area contributed by atoms with Gasteiger partial charge in [0.05, 0.1) is 12.2 Å². The van der Waals surface area contributed by atoms with Crippen LogP contribution in [0.5, 0.6) is 0 Å². The van der Waals surface area contributed by atoms with E-state index in [1.54, 1.807) is 13.1 Å². The molecule has 35 heavy (non-hydrogen) atoms. The van der Waals surface area contributed by atoms with Gasteiger partial charge < -0.3 is 19.5 Å². The first kappa shape index (κ1) is 28.4. The maximum absolute atomic E-state index is 12.0. The van der Waals surface area contributed by atoms with Gasteiger partial charge in [-0.05, 0) is 70.2 Å². The fourth-order valence-corrected chi connectivity index (χ4v) is 4.68. The summed E-state index contributed by atoms with van der Waals surface area (Å²) in [5.74, 6) is 1.05. The second-order valence-electron chi connectivity index (χ2n) is 8.99. The molecule has 194 valence electrons. The molecule has 6 nitrogen and oxygen atoms in total. The molecule has 1 aromatic heterocycles. The summed E-state index contributed by atoms with van der Waals surface area (Å²) in [5.41, 5.74) is 4.61. The molecule has 0 amide bonds. The van der Waals surface area contributed by atoms with E-state index in [0.717, 1.165) is 51.9 Å². The Hall–Kier alpha value is -2.86. The molecule has 1 aliphatic heterocycles. The summed E-state index contributed by atoms with van der Waals surface area (Å²) in [6.07, 6.45) is 7.46. The highest BCUT2D eigenvalue weighted by molar-refractivity contribution is 6.09. The summed E-state index contributed by atoms with van der Waals surface area (Å²) in [4.78, 5) is 18.7. The number of esters is 1. The maximum Gasteiger partial charge on any atom is 0.339 e. The third kappa shape index (κ3) is 7.31. The molecular formula is C29H46N4O2. The lowest BCUT2D eigenvalue weighted by Gasteiger charge is -2.33. The van der Waals surface area contributed by atoms with Crippen LogP contribution in [0.15, 0.2) is 53.3 Å². The molecule has 2 heterocycles. The standard InChI is InChI=1S/C28H40N4O2.CH4.H2/c1-6-10-24(28(33)34-7-2)20-30-22(4)32-17-14-23(15-18-32)19-29-16-13-25-21(3)31(5)27-12-9-8-11-26(25)27;;/h8-12,20,23,29H,4,6-7,13-19H2,1-3,5H3;1H4;1H/b24-10+,30-20-;;. The molecule has 0 bridgehead atoms. The van der Waals surface area contributed by atoms with Crippen LogP contribution in [0.1, 0.15) is 53.2 Å². The summed E-state index contributed by atoms with van der Waals surface area (Å²) in [7, 11) is 2.15. The van der Waals surface area contributed by atoms with Crippen LogP contribution in [0.25, 0.3) is 10.9 Å². The van der Waals surface area contributed by atoms with E-state index < -0.39 is 0 Å². The lowest BCUT2D eigenvalue weighted by atomic mass is 9.96. The van der Waals surface area contributed by atoms with Crippen LogP contribution in [-0.2, 0) is 23.0 Å². The van der Waals surface area contributed by atoms with Gasteiger partial charge in [0, 0.05) is 44.4 Å². The fourth-order valence-electron chi connectivity index (χ4n) is 4.68. The van der Waals surface area contributed by atoms with Crippen molar-refractivity contribution in [3.63, 3.8) is 0 Å². The van der Waals surface area contributed by atoms with E-state index in [4.69, 9.17) is 4.74 Å². The topological polar surface area (TPSA) is 58.9 Å². The smallest absolute Gasteiger partial charge is 0.339 e. The number of carbonyl (C=O) groups excluding carboxylic acids is 1. The Labute approximate surface area is 213 Å². The SMILES string of the molecule is C.C=C(/N=C\C(=C/CC)C(=O)OCC)N1CCC(CNCCc2c(C)n(C)c3ccccc23)CC1.[HH]. The van der Waals surface area contributed by atoms with Gasteiger partial charge in [0.15, 0.2) is 0 Å². The van der Waals surface area contributed by atoms with Gasteiger partial charge >= 0.3 is 5.97 Å². The average Bonchev–Trinajstić information content (AvgIpc) is 3.09. The van der Waals surface area contributed by atoms with Crippen LogP contribution in [-0.4, -0.2) is 54.4 Å². The lowest BCUT2D eigenvalue weighted by molar-refractivity contribution is -0.137. The van der Waals surface area contributed by atoms with E-state index >= 15 is 0 Å². The highest BCUT2D eigenvalue weighted by Crippen LogP contribution is 2.25. The maximum atomic E-state index is 12.0. The summed E-state index contributed by atoms with van der Waals surface area (Å²) in [6.45, 7) is 14.4. The van der Waals surface area contributed by atoms with E-state index in [-0.39, 0.29) is 14.8 Å². The summed E-state index contributed by atoms with van der Waals surface area (Å²) in [6, 6.07) is 8.67. The van der Waals surface area contributed by atoms with Crippen molar-refractivity contribution in [1.82, 2.24) is 14.8 Å². The Morgan fingerprint density at radius 3 is 2.69 bits per heavy atom. The summed E-state index contributed by atoms with van der Waals surface area (Å²) >= 11 is 0. The Morgan fingerprint density at radius 1 is 1.29 bits per heavy atom. The zero-order chi connectivity index (χ0) is 24.5. The number of allylic oxidation sites excluding steroid dienone is 1. The lowest BCUT2D eigenvalue weighted by Crippen LogP contribution is -2.36. The molecule has 2 aromatic rings. The second kappa shape index (κ2) is 13.9. The number of fused-ring (bicyclic) bond motifs is 1. The minimum absolute atomic E-state index is 0. The molecule has 1 aromatic carbocycles. The van der Waals surface area contributed by atoms with Crippen LogP contribution in [0, 0.1) is 12.8 Å².